The molecule has 46 heavy (non-hydrogen) atoms. The molecule has 4 atom stereocenters. The molecule has 1 aromatic carbocycles. The second-order valence-electron chi connectivity index (χ2n) is 11.4. The van der Waals surface area contributed by atoms with Gasteiger partial charge in [0, 0.05) is 42.3 Å². The Labute approximate surface area is 276 Å². The summed E-state index contributed by atoms with van der Waals surface area (Å²) in [5.41, 5.74) is 0.00222. The number of fused-ring (bicyclic) bond motifs is 2. The van der Waals surface area contributed by atoms with Gasteiger partial charge in [-0.25, -0.2) is 14.2 Å². The first-order valence-corrected chi connectivity index (χ1v) is 15.3. The zero-order chi connectivity index (χ0) is 33.3. The summed E-state index contributed by atoms with van der Waals surface area (Å²) in [6.07, 6.45) is 9.36. The van der Waals surface area contributed by atoms with E-state index in [0.29, 0.717) is 17.7 Å². The summed E-state index contributed by atoms with van der Waals surface area (Å²) < 4.78 is 22.4. The van der Waals surface area contributed by atoms with Crippen molar-refractivity contribution in [3.05, 3.63) is 112 Å². The molecule has 9 nitrogen and oxygen atoms in total. The van der Waals surface area contributed by atoms with Crippen molar-refractivity contribution in [1.82, 2.24) is 9.88 Å². The Morgan fingerprint density at radius 1 is 1.28 bits per heavy atom. The van der Waals surface area contributed by atoms with Crippen LogP contribution in [0, 0.1) is 11.8 Å². The number of ether oxygens (including phenoxy) is 1. The van der Waals surface area contributed by atoms with Crippen LogP contribution in [0.4, 0.5) is 15.9 Å². The Balaban J connectivity index is 1.70. The van der Waals surface area contributed by atoms with Gasteiger partial charge in [0.1, 0.15) is 22.3 Å². The Morgan fingerprint density at radius 2 is 2.00 bits per heavy atom. The third-order valence-electron chi connectivity index (χ3n) is 8.83. The van der Waals surface area contributed by atoms with E-state index in [2.05, 4.69) is 16.9 Å². The van der Waals surface area contributed by atoms with Gasteiger partial charge in [0.25, 0.3) is 5.91 Å². The van der Waals surface area contributed by atoms with Crippen molar-refractivity contribution < 1.29 is 28.6 Å². The van der Waals surface area contributed by atoms with E-state index in [1.54, 1.807) is 20.1 Å². The van der Waals surface area contributed by atoms with Crippen molar-refractivity contribution >= 4 is 52.5 Å². The van der Waals surface area contributed by atoms with E-state index in [0.717, 1.165) is 17.8 Å². The second kappa shape index (κ2) is 13.2. The van der Waals surface area contributed by atoms with Gasteiger partial charge in [0.15, 0.2) is 0 Å². The lowest BCUT2D eigenvalue weighted by Gasteiger charge is -2.39. The number of nitrogens with zero attached hydrogens (tertiary/aromatic N) is 3. The van der Waals surface area contributed by atoms with Crippen molar-refractivity contribution in [3.63, 3.8) is 0 Å². The van der Waals surface area contributed by atoms with E-state index >= 15 is 4.39 Å². The van der Waals surface area contributed by atoms with Gasteiger partial charge >= 0.3 is 5.97 Å². The summed E-state index contributed by atoms with van der Waals surface area (Å²) in [4.78, 5) is 47.9. The molecule has 12 heteroatoms. The highest BCUT2D eigenvalue weighted by Crippen LogP contribution is 2.58. The number of aromatic carboxylic acids is 1. The molecule has 1 unspecified atom stereocenters. The van der Waals surface area contributed by atoms with Crippen LogP contribution in [0.25, 0.3) is 0 Å². The average Bonchev–Trinajstić information content (AvgIpc) is 3.45. The zero-order valence-electron chi connectivity index (χ0n) is 25.5. The molecule has 0 bridgehead atoms. The van der Waals surface area contributed by atoms with Crippen LogP contribution in [0.3, 0.4) is 0 Å². The lowest BCUT2D eigenvalue weighted by molar-refractivity contribution is -0.128. The number of hydrogen-bond acceptors (Lipinski definition) is 6. The number of carboxylic acids is 1. The molecule has 3 heterocycles. The van der Waals surface area contributed by atoms with Gasteiger partial charge in [0.05, 0.1) is 30.3 Å². The van der Waals surface area contributed by atoms with E-state index < -0.39 is 47.0 Å². The fourth-order valence-corrected chi connectivity index (χ4v) is 6.93. The molecule has 1 aromatic heterocycles. The molecule has 1 spiro atoms. The van der Waals surface area contributed by atoms with Crippen LogP contribution in [0.15, 0.2) is 95.5 Å². The number of likely N-dealkylation sites (tertiary alicyclic amines) is 1. The Morgan fingerprint density at radius 3 is 2.65 bits per heavy atom. The molecular weight excluding hydrogens is 634 g/mol. The van der Waals surface area contributed by atoms with Crippen molar-refractivity contribution in [3.8, 4) is 0 Å². The fraction of sp³-hybridized carbons (Fsp3) is 0.294. The SMILES string of the molecule is C=C(Cl)/C=C\C=C(/F)C1[C@H](C(=O)N(C)c2ccc(C(=O)O)cc2)[C@H](C)N(CC2=CCCC(OC)=C2)[C@@]12C(=O)Nc1nc(Cl)ccc12. The molecule has 3 aliphatic rings. The van der Waals surface area contributed by atoms with Crippen molar-refractivity contribution in [2.45, 2.75) is 31.3 Å². The van der Waals surface area contributed by atoms with Gasteiger partial charge in [-0.15, -0.1) is 0 Å². The van der Waals surface area contributed by atoms with E-state index in [1.807, 2.05) is 17.1 Å². The smallest absolute Gasteiger partial charge is 0.335 e. The number of aromatic nitrogens is 1. The third-order valence-corrected chi connectivity index (χ3v) is 9.17. The molecule has 2 amide bonds. The predicted octanol–water partition coefficient (Wildman–Crippen LogP) is 6.59. The predicted molar refractivity (Wildman–Crippen MR) is 175 cm³/mol. The van der Waals surface area contributed by atoms with Crippen LogP contribution in [0.5, 0.6) is 0 Å². The maximum atomic E-state index is 16.9. The van der Waals surface area contributed by atoms with Crippen molar-refractivity contribution in [2.24, 2.45) is 11.8 Å². The Hall–Kier alpha value is -4.25. The first-order valence-electron chi connectivity index (χ1n) is 14.6. The molecule has 0 saturated carbocycles. The van der Waals surface area contributed by atoms with Gasteiger partial charge < -0.3 is 20.1 Å². The number of nitrogens with one attached hydrogen (secondary N) is 1. The number of halogens is 3. The van der Waals surface area contributed by atoms with Gasteiger partial charge in [-0.1, -0.05) is 41.9 Å². The number of methoxy groups -OCH3 is 1. The molecule has 240 valence electrons. The molecule has 1 saturated heterocycles. The normalized spacial score (nSPS) is 24.4. The number of rotatable bonds is 9. The number of anilines is 2. The summed E-state index contributed by atoms with van der Waals surface area (Å²) >= 11 is 12.1. The zero-order valence-corrected chi connectivity index (χ0v) is 27.0. The molecular formula is C34H33Cl2FN4O5. The van der Waals surface area contributed by atoms with Crippen molar-refractivity contribution in [1.29, 1.82) is 0 Å². The van der Waals surface area contributed by atoms with Crippen LogP contribution in [0.1, 0.15) is 35.7 Å². The number of hydrogen-bond donors (Lipinski definition) is 2. The molecule has 0 radical (unpaired) electrons. The number of carbonyl (C=O) groups is 3. The standard InChI is InChI=1S/C34H33Cl2FN4O5/c1-19(35)7-5-10-26(37)29-28(31(42)40(3)23-13-11-22(12-14-23)32(43)44)20(2)41(18-21-8-6-9-24(17-21)46-4)34(29)25-15-16-27(36)38-30(25)39-33(34)45/h5,7-8,10-17,20,28-29H,1,6,9,18H2,2-4H3,(H,43,44)(H,38,39,45)/b7-5-,26-10-/t20-,28+,29?,34+/m0/s1. The first-order chi connectivity index (χ1) is 21.9. The van der Waals surface area contributed by atoms with Crippen LogP contribution in [-0.2, 0) is 19.9 Å². The first kappa shape index (κ1) is 33.1. The van der Waals surface area contributed by atoms with Gasteiger partial charge in [-0.05, 0) is 73.5 Å². The van der Waals surface area contributed by atoms with Gasteiger partial charge in [0.2, 0.25) is 5.91 Å². The number of carboxylic acid groups (broad SMARTS) is 1. The van der Waals surface area contributed by atoms with Crippen molar-refractivity contribution in [2.75, 3.05) is 30.9 Å². The summed E-state index contributed by atoms with van der Waals surface area (Å²) in [5, 5.41) is 12.5. The Kier molecular flexibility index (Phi) is 9.53. The molecule has 1 fully saturated rings. The van der Waals surface area contributed by atoms with Crippen LogP contribution in [0.2, 0.25) is 5.15 Å². The quantitative estimate of drug-likeness (QED) is 0.229. The number of carbonyl (C=O) groups excluding carboxylic acids is 2. The van der Waals surface area contributed by atoms with E-state index in [-0.39, 0.29) is 28.1 Å². The maximum Gasteiger partial charge on any atom is 0.335 e. The molecule has 2 aromatic rings. The largest absolute Gasteiger partial charge is 0.501 e. The lowest BCUT2D eigenvalue weighted by Crippen LogP contribution is -2.53. The highest BCUT2D eigenvalue weighted by Gasteiger charge is 2.68. The number of benzene rings is 1. The highest BCUT2D eigenvalue weighted by atomic mass is 35.5. The minimum atomic E-state index is -1.70. The van der Waals surface area contributed by atoms with E-state index in [9.17, 15) is 19.5 Å². The molecule has 2 aliphatic heterocycles. The molecule has 1 aliphatic carbocycles. The average molecular weight is 668 g/mol. The minimum Gasteiger partial charge on any atom is -0.501 e. The summed E-state index contributed by atoms with van der Waals surface area (Å²) in [7, 11) is 3.13. The third kappa shape index (κ3) is 5.88. The lowest BCUT2D eigenvalue weighted by atomic mass is 9.73. The maximum absolute atomic E-state index is 16.9. The summed E-state index contributed by atoms with van der Waals surface area (Å²) in [6, 6.07) is 8.30. The fourth-order valence-electron chi connectivity index (χ4n) is 6.71. The minimum absolute atomic E-state index is 0.0538. The number of amides is 2. The van der Waals surface area contributed by atoms with Gasteiger partial charge in [-0.3, -0.25) is 14.5 Å². The molecule has 2 N–H and O–H groups in total. The van der Waals surface area contributed by atoms with Crippen LogP contribution >= 0.6 is 23.2 Å². The Bertz CT molecular complexity index is 1720. The second-order valence-corrected chi connectivity index (χ2v) is 12.2. The monoisotopic (exact) mass is 666 g/mol. The highest BCUT2D eigenvalue weighted by molar-refractivity contribution is 6.30. The number of pyridine rings is 1. The van der Waals surface area contributed by atoms with E-state index in [4.69, 9.17) is 27.9 Å². The summed E-state index contributed by atoms with van der Waals surface area (Å²) in [6.45, 7) is 5.60. The number of allylic oxidation sites excluding steroid dienone is 6. The summed E-state index contributed by atoms with van der Waals surface area (Å²) in [5.74, 6) is -4.28. The topological polar surface area (TPSA) is 112 Å². The van der Waals surface area contributed by atoms with Crippen LogP contribution in [-0.4, -0.2) is 59.5 Å². The van der Waals surface area contributed by atoms with Gasteiger partial charge in [-0.2, -0.15) is 0 Å². The molecule has 5 rings (SSSR count). The van der Waals surface area contributed by atoms with Crippen LogP contribution < -0.4 is 10.2 Å². The van der Waals surface area contributed by atoms with E-state index in [1.165, 1.54) is 60.5 Å².